The van der Waals surface area contributed by atoms with Gasteiger partial charge >= 0.3 is 17.9 Å². The lowest BCUT2D eigenvalue weighted by Crippen LogP contribution is -2.60. The van der Waals surface area contributed by atoms with Crippen LogP contribution in [0.4, 0.5) is 0 Å². The third kappa shape index (κ3) is 17.9. The molecule has 8 unspecified atom stereocenters. The second kappa shape index (κ2) is 25.3. The number of amides is 7. The summed E-state index contributed by atoms with van der Waals surface area (Å²) in [5, 5.41) is 60.7. The Balaban J connectivity index is 2.89. The summed E-state index contributed by atoms with van der Waals surface area (Å²) in [4.78, 5) is 129. The SMILES string of the molecule is CC(NC(=O)C(CO)NC(=O)C(CCC(=O)O)NC(=O)C(N)CCC(=O)O)C(=O)NC(CO)C(=O)N1CCCC1C(=O)NC(C)C(=O)NC(CCCN=C(N)N)C(=O)O. The number of nitrogens with zero attached hydrogens (tertiary/aromatic N) is 2. The van der Waals surface area contributed by atoms with Crippen molar-refractivity contribution in [3.63, 3.8) is 0 Å². The smallest absolute Gasteiger partial charge is 0.326 e. The second-order valence-corrected chi connectivity index (χ2v) is 13.5. The van der Waals surface area contributed by atoms with E-state index in [9.17, 15) is 63.3 Å². The highest BCUT2D eigenvalue weighted by atomic mass is 16.4. The van der Waals surface area contributed by atoms with E-state index < -0.39 is 140 Å². The molecular weight excluding hydrogens is 790 g/mol. The standard InChI is InChI=1S/C33H55N11O15/c1-15(38-29(55)20(13-45)42-28(54)18(8-10-24(49)50)40-27(53)17(34)7-9-23(47)48)26(52)43-21(14-46)31(57)44-12-4-6-22(44)30(56)39-16(2)25(51)41-19(32(58)59)5-3-11-37-33(35)36/h15-22,45-46H,3-14,34H2,1-2H3,(H,38,55)(H,39,56)(H,40,53)(H,41,51)(H,42,54)(H,43,52)(H,47,48)(H,49,50)(H,58,59)(H4,35,36,37). The molecule has 0 spiro atoms. The van der Waals surface area contributed by atoms with Crippen molar-refractivity contribution in [1.29, 1.82) is 0 Å². The van der Waals surface area contributed by atoms with E-state index in [1.807, 2.05) is 0 Å². The number of carboxylic acid groups (broad SMARTS) is 3. The number of aliphatic carboxylic acids is 3. The van der Waals surface area contributed by atoms with E-state index in [0.29, 0.717) is 6.42 Å². The van der Waals surface area contributed by atoms with Gasteiger partial charge in [-0.05, 0) is 52.4 Å². The van der Waals surface area contributed by atoms with Crippen LogP contribution in [0.25, 0.3) is 0 Å². The quantitative estimate of drug-likeness (QED) is 0.0218. The maximum Gasteiger partial charge on any atom is 0.326 e. The molecule has 26 heteroatoms. The number of aliphatic hydroxyl groups is 2. The number of likely N-dealkylation sites (tertiary alicyclic amines) is 1. The van der Waals surface area contributed by atoms with Gasteiger partial charge in [0.05, 0.1) is 19.3 Å². The fraction of sp³-hybridized carbons (Fsp3) is 0.667. The molecule has 0 aliphatic carbocycles. The molecule has 26 nitrogen and oxygen atoms in total. The van der Waals surface area contributed by atoms with E-state index in [0.717, 1.165) is 11.8 Å². The summed E-state index contributed by atoms with van der Waals surface area (Å²) in [7, 11) is 0. The van der Waals surface area contributed by atoms with Crippen molar-refractivity contribution in [3.05, 3.63) is 0 Å². The lowest BCUT2D eigenvalue weighted by molar-refractivity contribution is -0.144. The van der Waals surface area contributed by atoms with E-state index in [2.05, 4.69) is 36.9 Å². The number of hydrogen-bond acceptors (Lipinski definition) is 14. The average molecular weight is 846 g/mol. The number of aliphatic imine (C=N–C) groups is 1. The van der Waals surface area contributed by atoms with Crippen molar-refractivity contribution in [3.8, 4) is 0 Å². The van der Waals surface area contributed by atoms with Crippen LogP contribution in [0, 0.1) is 0 Å². The predicted molar refractivity (Wildman–Crippen MR) is 201 cm³/mol. The summed E-state index contributed by atoms with van der Waals surface area (Å²) in [6.45, 7) is 0.605. The van der Waals surface area contributed by atoms with Gasteiger partial charge in [0.25, 0.3) is 0 Å². The van der Waals surface area contributed by atoms with Crippen molar-refractivity contribution in [1.82, 2.24) is 36.8 Å². The molecule has 0 aromatic heterocycles. The van der Waals surface area contributed by atoms with Crippen molar-refractivity contribution in [2.24, 2.45) is 22.2 Å². The van der Waals surface area contributed by atoms with Crippen LogP contribution in [0.3, 0.4) is 0 Å². The van der Waals surface area contributed by atoms with E-state index in [-0.39, 0.29) is 44.7 Å². The van der Waals surface area contributed by atoms with Gasteiger partial charge in [-0.3, -0.25) is 48.1 Å². The first-order chi connectivity index (χ1) is 27.6. The predicted octanol–water partition coefficient (Wildman–Crippen LogP) is -6.89. The Morgan fingerprint density at radius 1 is 0.661 bits per heavy atom. The molecule has 332 valence electrons. The second-order valence-electron chi connectivity index (χ2n) is 13.5. The van der Waals surface area contributed by atoms with Crippen LogP contribution in [-0.4, -0.2) is 170 Å². The molecule has 1 saturated heterocycles. The molecule has 59 heavy (non-hydrogen) atoms. The maximum atomic E-state index is 13.4. The molecule has 1 aliphatic rings. The van der Waals surface area contributed by atoms with Crippen LogP contribution in [0.5, 0.6) is 0 Å². The van der Waals surface area contributed by atoms with Gasteiger partial charge < -0.3 is 79.5 Å². The lowest BCUT2D eigenvalue weighted by atomic mass is 10.1. The van der Waals surface area contributed by atoms with E-state index in [1.165, 1.54) is 6.92 Å². The number of carboxylic acids is 3. The minimum Gasteiger partial charge on any atom is -0.481 e. The van der Waals surface area contributed by atoms with Gasteiger partial charge in [-0.1, -0.05) is 0 Å². The Hall–Kier alpha value is -6.15. The van der Waals surface area contributed by atoms with Gasteiger partial charge in [-0.25, -0.2) is 4.79 Å². The van der Waals surface area contributed by atoms with Crippen LogP contribution in [0.15, 0.2) is 4.99 Å². The zero-order valence-electron chi connectivity index (χ0n) is 32.5. The number of carbonyl (C=O) groups excluding carboxylic acids is 7. The molecule has 0 radical (unpaired) electrons. The molecule has 0 saturated carbocycles. The van der Waals surface area contributed by atoms with E-state index in [1.54, 1.807) is 0 Å². The highest BCUT2D eigenvalue weighted by Gasteiger charge is 2.39. The summed E-state index contributed by atoms with van der Waals surface area (Å²) >= 11 is 0. The van der Waals surface area contributed by atoms with Crippen LogP contribution < -0.4 is 49.1 Å². The van der Waals surface area contributed by atoms with Crippen LogP contribution >= 0.6 is 0 Å². The van der Waals surface area contributed by atoms with Gasteiger partial charge in [0.15, 0.2) is 5.96 Å². The van der Waals surface area contributed by atoms with Crippen LogP contribution in [-0.2, 0) is 47.9 Å². The van der Waals surface area contributed by atoms with Gasteiger partial charge in [-0.15, -0.1) is 0 Å². The Morgan fingerprint density at radius 2 is 1.17 bits per heavy atom. The fourth-order valence-electron chi connectivity index (χ4n) is 5.49. The van der Waals surface area contributed by atoms with Crippen molar-refractivity contribution >= 4 is 65.2 Å². The monoisotopic (exact) mass is 845 g/mol. The van der Waals surface area contributed by atoms with E-state index in [4.69, 9.17) is 27.4 Å². The van der Waals surface area contributed by atoms with Gasteiger partial charge in [0.2, 0.25) is 41.4 Å². The summed E-state index contributed by atoms with van der Waals surface area (Å²) in [5.74, 6) is -10.9. The zero-order chi connectivity index (χ0) is 45.0. The number of carbonyl (C=O) groups is 10. The molecule has 0 bridgehead atoms. The Morgan fingerprint density at radius 3 is 1.71 bits per heavy atom. The van der Waals surface area contributed by atoms with Crippen molar-refractivity contribution < 1.29 is 73.5 Å². The minimum atomic E-state index is -1.75. The van der Waals surface area contributed by atoms with E-state index >= 15 is 0 Å². The van der Waals surface area contributed by atoms with Crippen LogP contribution in [0.1, 0.15) is 65.2 Å². The van der Waals surface area contributed by atoms with Crippen LogP contribution in [0.2, 0.25) is 0 Å². The summed E-state index contributed by atoms with van der Waals surface area (Å²) in [5.41, 5.74) is 16.1. The van der Waals surface area contributed by atoms with Gasteiger partial charge in [-0.2, -0.15) is 0 Å². The summed E-state index contributed by atoms with van der Waals surface area (Å²) in [6, 6.07) is -11.5. The first-order valence-electron chi connectivity index (χ1n) is 18.4. The third-order valence-electron chi connectivity index (χ3n) is 8.80. The summed E-state index contributed by atoms with van der Waals surface area (Å²) in [6.07, 6.45) is -1.24. The van der Waals surface area contributed by atoms with Crippen molar-refractivity contribution in [2.45, 2.75) is 114 Å². The molecule has 0 aromatic rings. The third-order valence-corrected chi connectivity index (χ3v) is 8.80. The Bertz CT molecular complexity index is 1580. The highest BCUT2D eigenvalue weighted by molar-refractivity contribution is 5.97. The number of aliphatic hydroxyl groups excluding tert-OH is 2. The zero-order valence-corrected chi connectivity index (χ0v) is 32.5. The average Bonchev–Trinajstić information content (AvgIpc) is 3.67. The number of hydrogen-bond donors (Lipinski definition) is 14. The first kappa shape index (κ1) is 50.9. The topological polar surface area (TPSA) is 438 Å². The molecular formula is C33H55N11O15. The molecule has 1 fully saturated rings. The largest absolute Gasteiger partial charge is 0.481 e. The highest BCUT2D eigenvalue weighted by Crippen LogP contribution is 2.19. The van der Waals surface area contributed by atoms with Gasteiger partial charge in [0.1, 0.15) is 42.3 Å². The number of nitrogens with one attached hydrogen (secondary N) is 6. The Kier molecular flexibility index (Phi) is 21.8. The Labute approximate surface area is 337 Å². The molecule has 7 amide bonds. The molecule has 17 N–H and O–H groups in total. The molecule has 1 heterocycles. The lowest BCUT2D eigenvalue weighted by Gasteiger charge is -2.29. The first-order valence-corrected chi connectivity index (χ1v) is 18.4. The molecule has 1 rings (SSSR count). The normalized spacial score (nSPS) is 17.0. The summed E-state index contributed by atoms with van der Waals surface area (Å²) < 4.78 is 0. The molecule has 8 atom stereocenters. The number of nitrogens with two attached hydrogens (primary N) is 3. The minimum absolute atomic E-state index is 0.0209. The van der Waals surface area contributed by atoms with Gasteiger partial charge in [0, 0.05) is 25.9 Å². The molecule has 0 aromatic carbocycles. The maximum absolute atomic E-state index is 13.4. The molecule has 1 aliphatic heterocycles. The van der Waals surface area contributed by atoms with Crippen molar-refractivity contribution in [2.75, 3.05) is 26.3 Å². The fourth-order valence-corrected chi connectivity index (χ4v) is 5.49. The number of guanidine groups is 1. The number of rotatable bonds is 26.